The van der Waals surface area contributed by atoms with Crippen LogP contribution in [0.1, 0.15) is 5.56 Å². The number of carbonyl (C=O) groups is 2. The fraction of sp³-hybridized carbons (Fsp3) is 0.0476. The third-order valence-electron chi connectivity index (χ3n) is 3.82. The molecule has 0 saturated heterocycles. The Bertz CT molecular complexity index is 977. The van der Waals surface area contributed by atoms with Crippen LogP contribution >= 0.6 is 23.2 Å². The van der Waals surface area contributed by atoms with Gasteiger partial charge in [-0.15, -0.1) is 0 Å². The van der Waals surface area contributed by atoms with Gasteiger partial charge in [0.15, 0.2) is 0 Å². The fourth-order valence-electron chi connectivity index (χ4n) is 2.50. The van der Waals surface area contributed by atoms with Crippen molar-refractivity contribution in [3.63, 3.8) is 0 Å². The van der Waals surface area contributed by atoms with Crippen molar-refractivity contribution in [2.75, 3.05) is 16.0 Å². The molecule has 0 fully saturated rings. The maximum atomic E-state index is 12.2. The van der Waals surface area contributed by atoms with Gasteiger partial charge in [0.2, 0.25) is 5.91 Å². The van der Waals surface area contributed by atoms with Crippen LogP contribution in [0.15, 0.2) is 72.8 Å². The molecule has 0 atom stereocenters. The molecule has 0 saturated carbocycles. The molecule has 0 aliphatic carbocycles. The van der Waals surface area contributed by atoms with E-state index in [0.29, 0.717) is 32.7 Å². The number of anilines is 3. The molecule has 3 rings (SSSR count). The number of carbonyl (C=O) groups excluding carboxylic acids is 2. The summed E-state index contributed by atoms with van der Waals surface area (Å²) in [5, 5.41) is 9.23. The summed E-state index contributed by atoms with van der Waals surface area (Å²) in [6.07, 6.45) is 0.134. The van der Waals surface area contributed by atoms with Crippen molar-refractivity contribution in [3.05, 3.63) is 88.4 Å². The minimum atomic E-state index is -0.347. The van der Waals surface area contributed by atoms with Gasteiger partial charge < -0.3 is 16.0 Å². The highest BCUT2D eigenvalue weighted by molar-refractivity contribution is 6.35. The zero-order valence-electron chi connectivity index (χ0n) is 14.7. The van der Waals surface area contributed by atoms with Gasteiger partial charge in [0.05, 0.1) is 6.42 Å². The minimum absolute atomic E-state index is 0.134. The molecule has 5 nitrogen and oxygen atoms in total. The number of para-hydroxylation sites is 1. The molecule has 3 aromatic carbocycles. The number of amides is 3. The Morgan fingerprint density at radius 1 is 0.714 bits per heavy atom. The number of halogens is 2. The van der Waals surface area contributed by atoms with Crippen LogP contribution in [0.3, 0.4) is 0 Å². The first-order chi connectivity index (χ1) is 13.5. The summed E-state index contributed by atoms with van der Waals surface area (Å²) in [6.45, 7) is 0. The smallest absolute Gasteiger partial charge is 0.323 e. The molecule has 0 aliphatic rings. The summed E-state index contributed by atoms with van der Waals surface area (Å²) in [7, 11) is 0. The SMILES string of the molecule is O=C(Cc1ccc(Cl)cc1Cl)Nc1ccc(NC(=O)Nc2ccccc2)cc1. The zero-order valence-corrected chi connectivity index (χ0v) is 16.2. The number of hydrogen-bond donors (Lipinski definition) is 3. The highest BCUT2D eigenvalue weighted by atomic mass is 35.5. The minimum Gasteiger partial charge on any atom is -0.326 e. The van der Waals surface area contributed by atoms with Crippen LogP contribution in [0.25, 0.3) is 0 Å². The quantitative estimate of drug-likeness (QED) is 0.493. The summed E-state index contributed by atoms with van der Waals surface area (Å²) in [5.74, 6) is -0.202. The molecule has 0 spiro atoms. The second kappa shape index (κ2) is 9.26. The Morgan fingerprint density at radius 2 is 1.29 bits per heavy atom. The Hall–Kier alpha value is -3.02. The summed E-state index contributed by atoms with van der Waals surface area (Å²) >= 11 is 12.0. The van der Waals surface area contributed by atoms with E-state index in [4.69, 9.17) is 23.2 Å². The lowest BCUT2D eigenvalue weighted by molar-refractivity contribution is -0.115. The molecule has 3 aromatic rings. The van der Waals surface area contributed by atoms with Crippen LogP contribution in [0.4, 0.5) is 21.9 Å². The van der Waals surface area contributed by atoms with Gasteiger partial charge in [-0.3, -0.25) is 4.79 Å². The van der Waals surface area contributed by atoms with Crippen molar-refractivity contribution >= 4 is 52.2 Å². The third kappa shape index (κ3) is 5.74. The highest BCUT2D eigenvalue weighted by Crippen LogP contribution is 2.22. The van der Waals surface area contributed by atoms with Crippen molar-refractivity contribution < 1.29 is 9.59 Å². The van der Waals surface area contributed by atoms with Gasteiger partial charge >= 0.3 is 6.03 Å². The molecule has 0 radical (unpaired) electrons. The van der Waals surface area contributed by atoms with E-state index >= 15 is 0 Å². The molecule has 0 bridgehead atoms. The number of rotatable bonds is 5. The molecular formula is C21H17Cl2N3O2. The average Bonchev–Trinajstić information content (AvgIpc) is 2.66. The molecule has 3 amide bonds. The van der Waals surface area contributed by atoms with Crippen molar-refractivity contribution in [2.24, 2.45) is 0 Å². The fourth-order valence-corrected chi connectivity index (χ4v) is 2.97. The van der Waals surface area contributed by atoms with Crippen LogP contribution in [0.2, 0.25) is 10.0 Å². The first-order valence-electron chi connectivity index (χ1n) is 8.46. The molecule has 0 heterocycles. The lowest BCUT2D eigenvalue weighted by atomic mass is 10.1. The van der Waals surface area contributed by atoms with E-state index in [0.717, 1.165) is 0 Å². The van der Waals surface area contributed by atoms with E-state index in [2.05, 4.69) is 16.0 Å². The summed E-state index contributed by atoms with van der Waals surface area (Å²) in [4.78, 5) is 24.2. The monoisotopic (exact) mass is 413 g/mol. The first-order valence-corrected chi connectivity index (χ1v) is 9.22. The lowest BCUT2D eigenvalue weighted by Crippen LogP contribution is -2.19. The average molecular weight is 414 g/mol. The van der Waals surface area contributed by atoms with Gasteiger partial charge in [-0.2, -0.15) is 0 Å². The third-order valence-corrected chi connectivity index (χ3v) is 4.41. The number of nitrogens with one attached hydrogen (secondary N) is 3. The number of benzene rings is 3. The topological polar surface area (TPSA) is 70.2 Å². The Labute approximate surface area is 172 Å². The van der Waals surface area contributed by atoms with Gasteiger partial charge in [-0.25, -0.2) is 4.79 Å². The van der Waals surface area contributed by atoms with Crippen LogP contribution in [-0.2, 0) is 11.2 Å². The van der Waals surface area contributed by atoms with Crippen molar-refractivity contribution in [1.29, 1.82) is 0 Å². The number of urea groups is 1. The zero-order chi connectivity index (χ0) is 19.9. The van der Waals surface area contributed by atoms with E-state index in [1.54, 1.807) is 54.6 Å². The molecule has 0 unspecified atom stereocenters. The van der Waals surface area contributed by atoms with Crippen LogP contribution in [0.5, 0.6) is 0 Å². The van der Waals surface area contributed by atoms with Gasteiger partial charge in [0.25, 0.3) is 0 Å². The van der Waals surface area contributed by atoms with E-state index in [1.807, 2.05) is 18.2 Å². The largest absolute Gasteiger partial charge is 0.326 e. The van der Waals surface area contributed by atoms with Gasteiger partial charge in [0, 0.05) is 27.1 Å². The lowest BCUT2D eigenvalue weighted by Gasteiger charge is -2.10. The summed E-state index contributed by atoms with van der Waals surface area (Å²) in [5.41, 5.74) is 2.61. The van der Waals surface area contributed by atoms with Gasteiger partial charge in [0.1, 0.15) is 0 Å². The Kier molecular flexibility index (Phi) is 6.53. The molecule has 0 aliphatic heterocycles. The van der Waals surface area contributed by atoms with Crippen molar-refractivity contribution in [3.8, 4) is 0 Å². The predicted octanol–water partition coefficient (Wildman–Crippen LogP) is 5.82. The maximum Gasteiger partial charge on any atom is 0.323 e. The van der Waals surface area contributed by atoms with E-state index < -0.39 is 0 Å². The van der Waals surface area contributed by atoms with Gasteiger partial charge in [-0.05, 0) is 54.1 Å². The Balaban J connectivity index is 1.53. The highest BCUT2D eigenvalue weighted by Gasteiger charge is 2.09. The standard InChI is InChI=1S/C21H17Cl2N3O2/c22-15-7-6-14(19(23)13-15)12-20(27)24-17-8-10-18(11-9-17)26-21(28)25-16-4-2-1-3-5-16/h1-11,13H,12H2,(H,24,27)(H2,25,26,28). The molecule has 28 heavy (non-hydrogen) atoms. The summed E-state index contributed by atoms with van der Waals surface area (Å²) < 4.78 is 0. The van der Waals surface area contributed by atoms with Gasteiger partial charge in [-0.1, -0.05) is 47.5 Å². The van der Waals surface area contributed by atoms with Crippen LogP contribution in [-0.4, -0.2) is 11.9 Å². The van der Waals surface area contributed by atoms with Crippen molar-refractivity contribution in [2.45, 2.75) is 6.42 Å². The molecule has 3 N–H and O–H groups in total. The normalized spacial score (nSPS) is 10.2. The van der Waals surface area contributed by atoms with E-state index in [1.165, 1.54) is 0 Å². The Morgan fingerprint density at radius 3 is 1.89 bits per heavy atom. The van der Waals surface area contributed by atoms with Crippen LogP contribution in [0, 0.1) is 0 Å². The molecular weight excluding hydrogens is 397 g/mol. The molecule has 7 heteroatoms. The first kappa shape index (κ1) is 19.7. The predicted molar refractivity (Wildman–Crippen MR) is 114 cm³/mol. The van der Waals surface area contributed by atoms with E-state index in [9.17, 15) is 9.59 Å². The number of hydrogen-bond acceptors (Lipinski definition) is 2. The summed E-state index contributed by atoms with van der Waals surface area (Å²) in [6, 6.07) is 20.6. The molecule has 0 aromatic heterocycles. The maximum absolute atomic E-state index is 12.2. The second-order valence-corrected chi connectivity index (χ2v) is 6.83. The van der Waals surface area contributed by atoms with E-state index in [-0.39, 0.29) is 18.4 Å². The van der Waals surface area contributed by atoms with Crippen LogP contribution < -0.4 is 16.0 Å². The van der Waals surface area contributed by atoms with Crippen molar-refractivity contribution in [1.82, 2.24) is 0 Å². The molecule has 142 valence electrons. The second-order valence-electron chi connectivity index (χ2n) is 5.98.